The van der Waals surface area contributed by atoms with Gasteiger partial charge in [0.25, 0.3) is 0 Å². The Kier molecular flexibility index (Phi) is 5.16. The largest absolute Gasteiger partial charge is 0.462 e. The van der Waals surface area contributed by atoms with Crippen LogP contribution < -0.4 is 0 Å². The molecule has 0 saturated heterocycles. The molecule has 0 saturated carbocycles. The van der Waals surface area contributed by atoms with E-state index in [0.29, 0.717) is 10.6 Å². The molecule has 2 aromatic rings. The maximum absolute atomic E-state index is 13.2. The summed E-state index contributed by atoms with van der Waals surface area (Å²) in [7, 11) is 0. The Hall–Kier alpha value is -1.79. The molecule has 1 heterocycles. The summed E-state index contributed by atoms with van der Waals surface area (Å²) >= 11 is 11.6. The van der Waals surface area contributed by atoms with Gasteiger partial charge in [-0.05, 0) is 25.1 Å². The molecule has 2 rings (SSSR count). The van der Waals surface area contributed by atoms with Gasteiger partial charge in [-0.3, -0.25) is 0 Å². The van der Waals surface area contributed by atoms with Crippen LogP contribution in [0.15, 0.2) is 30.3 Å². The summed E-state index contributed by atoms with van der Waals surface area (Å²) in [6.07, 6.45) is -4.85. The molecule has 3 nitrogen and oxygen atoms in total. The van der Waals surface area contributed by atoms with Gasteiger partial charge in [0.1, 0.15) is 5.56 Å². The first-order valence-corrected chi connectivity index (χ1v) is 7.20. The summed E-state index contributed by atoms with van der Waals surface area (Å²) in [5, 5.41) is 0.0507. The Morgan fingerprint density at radius 3 is 2.35 bits per heavy atom. The van der Waals surface area contributed by atoms with Crippen LogP contribution in [0.25, 0.3) is 11.3 Å². The van der Waals surface area contributed by atoms with E-state index in [-0.39, 0.29) is 17.3 Å². The molecule has 1 aromatic heterocycles. The lowest BCUT2D eigenvalue weighted by Gasteiger charge is -2.14. The van der Waals surface area contributed by atoms with Gasteiger partial charge in [0, 0.05) is 10.6 Å². The van der Waals surface area contributed by atoms with E-state index in [1.807, 2.05) is 0 Å². The molecule has 0 aliphatic heterocycles. The highest BCUT2D eigenvalue weighted by molar-refractivity contribution is 6.34. The Morgan fingerprint density at radius 2 is 1.83 bits per heavy atom. The number of pyridine rings is 1. The van der Waals surface area contributed by atoms with Crippen molar-refractivity contribution in [2.45, 2.75) is 13.1 Å². The monoisotopic (exact) mass is 363 g/mol. The zero-order valence-electron chi connectivity index (χ0n) is 11.7. The van der Waals surface area contributed by atoms with Crippen LogP contribution in [0.3, 0.4) is 0 Å². The first kappa shape index (κ1) is 17.6. The fourth-order valence-electron chi connectivity index (χ4n) is 1.89. The summed E-state index contributed by atoms with van der Waals surface area (Å²) in [6.45, 7) is 1.40. The molecule has 0 bridgehead atoms. The maximum atomic E-state index is 13.2. The van der Waals surface area contributed by atoms with Crippen LogP contribution in [0.1, 0.15) is 23.0 Å². The van der Waals surface area contributed by atoms with Gasteiger partial charge in [-0.25, -0.2) is 9.78 Å². The molecule has 1 aromatic carbocycles. The van der Waals surface area contributed by atoms with Crippen LogP contribution in [-0.2, 0) is 10.9 Å². The normalized spacial score (nSPS) is 11.4. The van der Waals surface area contributed by atoms with Crippen molar-refractivity contribution in [2.24, 2.45) is 0 Å². The lowest BCUT2D eigenvalue weighted by Crippen LogP contribution is -2.18. The minimum Gasteiger partial charge on any atom is -0.462 e. The van der Waals surface area contributed by atoms with Gasteiger partial charge in [-0.2, -0.15) is 13.2 Å². The van der Waals surface area contributed by atoms with Gasteiger partial charge < -0.3 is 4.74 Å². The van der Waals surface area contributed by atoms with E-state index >= 15 is 0 Å². The molecule has 0 atom stereocenters. The number of hydrogen-bond acceptors (Lipinski definition) is 3. The SMILES string of the molecule is CCOC(=O)c1c(Cl)cc(-c2ccc(Cl)cc2)nc1C(F)(F)F. The fraction of sp³-hybridized carbons (Fsp3) is 0.200. The van der Waals surface area contributed by atoms with Gasteiger partial charge in [0.05, 0.1) is 17.3 Å². The molecular weight excluding hydrogens is 354 g/mol. The molecule has 0 unspecified atom stereocenters. The quantitative estimate of drug-likeness (QED) is 0.699. The zero-order valence-corrected chi connectivity index (χ0v) is 13.3. The Morgan fingerprint density at radius 1 is 1.22 bits per heavy atom. The third-order valence-electron chi connectivity index (χ3n) is 2.86. The molecule has 23 heavy (non-hydrogen) atoms. The Labute approximate surface area is 140 Å². The fourth-order valence-corrected chi connectivity index (χ4v) is 2.28. The summed E-state index contributed by atoms with van der Waals surface area (Å²) in [6, 6.07) is 7.22. The first-order chi connectivity index (χ1) is 10.7. The van der Waals surface area contributed by atoms with Gasteiger partial charge in [0.2, 0.25) is 0 Å². The van der Waals surface area contributed by atoms with Crippen molar-refractivity contribution < 1.29 is 22.7 Å². The first-order valence-electron chi connectivity index (χ1n) is 6.44. The molecular formula is C15H10Cl2F3NO2. The highest BCUT2D eigenvalue weighted by atomic mass is 35.5. The van der Waals surface area contributed by atoms with Crippen LogP contribution in [-0.4, -0.2) is 17.6 Å². The number of hydrogen-bond donors (Lipinski definition) is 0. The average Bonchev–Trinajstić information content (AvgIpc) is 2.46. The van der Waals surface area contributed by atoms with Crippen molar-refractivity contribution in [3.63, 3.8) is 0 Å². The van der Waals surface area contributed by atoms with Crippen LogP contribution in [0.4, 0.5) is 13.2 Å². The summed E-state index contributed by atoms with van der Waals surface area (Å²) in [5.41, 5.74) is -1.81. The lowest BCUT2D eigenvalue weighted by atomic mass is 10.1. The minimum atomic E-state index is -4.85. The van der Waals surface area contributed by atoms with Crippen molar-refractivity contribution >= 4 is 29.2 Å². The van der Waals surface area contributed by atoms with Gasteiger partial charge >= 0.3 is 12.1 Å². The van der Waals surface area contributed by atoms with E-state index in [2.05, 4.69) is 9.72 Å². The van der Waals surface area contributed by atoms with Crippen LogP contribution >= 0.6 is 23.2 Å². The van der Waals surface area contributed by atoms with Crippen molar-refractivity contribution in [1.29, 1.82) is 0 Å². The second-order valence-electron chi connectivity index (χ2n) is 4.44. The number of esters is 1. The molecule has 0 N–H and O–H groups in total. The van der Waals surface area contributed by atoms with Gasteiger partial charge in [-0.15, -0.1) is 0 Å². The number of rotatable bonds is 3. The van der Waals surface area contributed by atoms with Crippen molar-refractivity contribution in [3.8, 4) is 11.3 Å². The second kappa shape index (κ2) is 6.76. The molecule has 0 aliphatic rings. The third kappa shape index (κ3) is 3.95. The van der Waals surface area contributed by atoms with Crippen LogP contribution in [0.5, 0.6) is 0 Å². The maximum Gasteiger partial charge on any atom is 0.434 e. The van der Waals surface area contributed by atoms with Crippen molar-refractivity contribution in [2.75, 3.05) is 6.61 Å². The summed E-state index contributed by atoms with van der Waals surface area (Å²) in [5.74, 6) is -1.17. The van der Waals surface area contributed by atoms with E-state index in [0.717, 1.165) is 0 Å². The zero-order chi connectivity index (χ0) is 17.2. The highest BCUT2D eigenvalue weighted by Gasteiger charge is 2.39. The standard InChI is InChI=1S/C15H10Cl2F3NO2/c1-2-23-14(22)12-10(17)7-11(21-13(12)15(18,19)20)8-3-5-9(16)6-4-8/h3-7H,2H2,1H3. The molecule has 0 amide bonds. The third-order valence-corrected chi connectivity index (χ3v) is 3.41. The lowest BCUT2D eigenvalue weighted by molar-refractivity contribution is -0.141. The number of alkyl halides is 3. The number of nitrogens with zero attached hydrogens (tertiary/aromatic N) is 1. The number of halogens is 5. The Bertz CT molecular complexity index is 731. The molecule has 0 fully saturated rings. The van der Waals surface area contributed by atoms with E-state index in [4.69, 9.17) is 23.2 Å². The number of carbonyl (C=O) groups excluding carboxylic acids is 1. The van der Waals surface area contributed by atoms with Crippen LogP contribution in [0, 0.1) is 0 Å². The smallest absolute Gasteiger partial charge is 0.434 e. The predicted octanol–water partition coefficient (Wildman–Crippen LogP) is 5.25. The number of carbonyl (C=O) groups is 1. The number of benzene rings is 1. The van der Waals surface area contributed by atoms with Gasteiger partial charge in [-0.1, -0.05) is 35.3 Å². The number of ether oxygens (including phenoxy) is 1. The van der Waals surface area contributed by atoms with E-state index in [1.54, 1.807) is 0 Å². The van der Waals surface area contributed by atoms with Gasteiger partial charge in [0.15, 0.2) is 5.69 Å². The topological polar surface area (TPSA) is 39.2 Å². The summed E-state index contributed by atoms with van der Waals surface area (Å²) in [4.78, 5) is 15.3. The van der Waals surface area contributed by atoms with E-state index in [1.165, 1.54) is 37.3 Å². The van der Waals surface area contributed by atoms with E-state index < -0.39 is 23.4 Å². The van der Waals surface area contributed by atoms with Crippen LogP contribution in [0.2, 0.25) is 10.0 Å². The minimum absolute atomic E-state index is 0.0213. The molecule has 0 aliphatic carbocycles. The molecule has 8 heteroatoms. The van der Waals surface area contributed by atoms with E-state index in [9.17, 15) is 18.0 Å². The van der Waals surface area contributed by atoms with Crippen molar-refractivity contribution in [3.05, 3.63) is 51.6 Å². The molecule has 122 valence electrons. The summed E-state index contributed by atoms with van der Waals surface area (Å²) < 4.78 is 44.3. The highest BCUT2D eigenvalue weighted by Crippen LogP contribution is 2.36. The average molecular weight is 364 g/mol. The predicted molar refractivity (Wildman–Crippen MR) is 80.7 cm³/mol. The second-order valence-corrected chi connectivity index (χ2v) is 5.28. The Balaban J connectivity index is 2.63. The molecule has 0 spiro atoms. The molecule has 0 radical (unpaired) electrons. The van der Waals surface area contributed by atoms with Crippen molar-refractivity contribution in [1.82, 2.24) is 4.98 Å². The number of aromatic nitrogens is 1.